The minimum absolute atomic E-state index is 0.202. The maximum Gasteiger partial charge on any atom is 0.303 e. The lowest BCUT2D eigenvalue weighted by atomic mass is 9.76. The van der Waals surface area contributed by atoms with Crippen LogP contribution in [0.5, 0.6) is 0 Å². The predicted octanol–water partition coefficient (Wildman–Crippen LogP) is 3.19. The van der Waals surface area contributed by atoms with Crippen LogP contribution < -0.4 is 4.90 Å². The van der Waals surface area contributed by atoms with Crippen molar-refractivity contribution in [3.63, 3.8) is 0 Å². The molecule has 1 heterocycles. The number of aliphatic carboxylic acids is 1. The van der Waals surface area contributed by atoms with Crippen LogP contribution in [0.1, 0.15) is 32.8 Å². The van der Waals surface area contributed by atoms with Gasteiger partial charge in [-0.1, -0.05) is 32.9 Å². The summed E-state index contributed by atoms with van der Waals surface area (Å²) >= 11 is 0. The first-order valence-electron chi connectivity index (χ1n) is 6.92. The van der Waals surface area contributed by atoms with Crippen molar-refractivity contribution in [3.05, 3.63) is 29.8 Å². The summed E-state index contributed by atoms with van der Waals surface area (Å²) in [6, 6.07) is 8.27. The van der Waals surface area contributed by atoms with E-state index in [0.717, 1.165) is 24.6 Å². The van der Waals surface area contributed by atoms with Crippen molar-refractivity contribution in [2.75, 3.05) is 18.0 Å². The zero-order chi connectivity index (χ0) is 14.0. The third-order valence-electron chi connectivity index (χ3n) is 4.01. The molecule has 0 bridgehead atoms. The molecule has 1 aromatic carbocycles. The maximum atomic E-state index is 10.6. The number of carboxylic acids is 1. The summed E-state index contributed by atoms with van der Waals surface area (Å²) in [6.45, 7) is 9.08. The maximum absolute atomic E-state index is 10.6. The van der Waals surface area contributed by atoms with Crippen LogP contribution in [0.2, 0.25) is 0 Å². The van der Waals surface area contributed by atoms with Crippen LogP contribution in [0, 0.1) is 11.3 Å². The second-order valence-electron chi connectivity index (χ2n) is 6.53. The smallest absolute Gasteiger partial charge is 0.303 e. The molecule has 0 atom stereocenters. The number of hydrogen-bond donors (Lipinski definition) is 1. The summed E-state index contributed by atoms with van der Waals surface area (Å²) in [6.07, 6.45) is 0.813. The van der Waals surface area contributed by atoms with Crippen molar-refractivity contribution in [2.24, 2.45) is 11.3 Å². The van der Waals surface area contributed by atoms with Crippen LogP contribution >= 0.6 is 0 Å². The highest BCUT2D eigenvalue weighted by molar-refractivity contribution is 5.67. The fourth-order valence-corrected chi connectivity index (χ4v) is 2.40. The second kappa shape index (κ2) is 5.24. The first-order chi connectivity index (χ1) is 8.86. The first kappa shape index (κ1) is 13.9. The third kappa shape index (κ3) is 3.49. The number of nitrogens with zero attached hydrogens (tertiary/aromatic N) is 1. The van der Waals surface area contributed by atoms with E-state index in [2.05, 4.69) is 37.8 Å². The number of hydrogen-bond acceptors (Lipinski definition) is 2. The molecule has 1 saturated heterocycles. The van der Waals surface area contributed by atoms with Gasteiger partial charge in [0.2, 0.25) is 0 Å². The van der Waals surface area contributed by atoms with Gasteiger partial charge in [-0.3, -0.25) is 4.79 Å². The highest BCUT2D eigenvalue weighted by atomic mass is 16.4. The molecule has 0 aromatic heterocycles. The number of carbonyl (C=O) groups is 1. The summed E-state index contributed by atoms with van der Waals surface area (Å²) in [4.78, 5) is 13.0. The average Bonchev–Trinajstić information content (AvgIpc) is 2.23. The average molecular weight is 261 g/mol. The summed E-state index contributed by atoms with van der Waals surface area (Å²) in [5.41, 5.74) is 2.71. The van der Waals surface area contributed by atoms with Gasteiger partial charge in [0.25, 0.3) is 0 Å². The molecule has 104 valence electrons. The van der Waals surface area contributed by atoms with E-state index in [0.29, 0.717) is 11.8 Å². The molecule has 19 heavy (non-hydrogen) atoms. The zero-order valence-corrected chi connectivity index (χ0v) is 12.0. The summed E-state index contributed by atoms with van der Waals surface area (Å²) in [7, 11) is 0. The molecule has 3 nitrogen and oxygen atoms in total. The molecule has 1 aliphatic rings. The Hall–Kier alpha value is -1.51. The van der Waals surface area contributed by atoms with E-state index < -0.39 is 5.97 Å². The van der Waals surface area contributed by atoms with Crippen molar-refractivity contribution in [3.8, 4) is 0 Å². The highest BCUT2D eigenvalue weighted by Gasteiger charge is 2.35. The predicted molar refractivity (Wildman–Crippen MR) is 77.6 cm³/mol. The Morgan fingerprint density at radius 1 is 1.37 bits per heavy atom. The van der Waals surface area contributed by atoms with Gasteiger partial charge in [-0.15, -0.1) is 0 Å². The van der Waals surface area contributed by atoms with Crippen LogP contribution in [-0.2, 0) is 11.2 Å². The minimum Gasteiger partial charge on any atom is -0.481 e. The van der Waals surface area contributed by atoms with E-state index in [4.69, 9.17) is 5.11 Å². The monoisotopic (exact) mass is 261 g/mol. The van der Waals surface area contributed by atoms with Gasteiger partial charge in [-0.05, 0) is 35.4 Å². The Balaban J connectivity index is 1.95. The molecule has 1 aliphatic heterocycles. The third-order valence-corrected chi connectivity index (χ3v) is 4.01. The van der Waals surface area contributed by atoms with Crippen LogP contribution in [0.4, 0.5) is 5.69 Å². The molecule has 0 spiro atoms. The second-order valence-corrected chi connectivity index (χ2v) is 6.53. The van der Waals surface area contributed by atoms with E-state index in [1.54, 1.807) is 0 Å². The largest absolute Gasteiger partial charge is 0.481 e. The summed E-state index contributed by atoms with van der Waals surface area (Å²) in [5.74, 6) is 0.0114. The molecule has 1 fully saturated rings. The first-order valence-corrected chi connectivity index (χ1v) is 6.92. The molecular weight excluding hydrogens is 238 g/mol. The van der Waals surface area contributed by atoms with Gasteiger partial charge in [-0.25, -0.2) is 0 Å². The van der Waals surface area contributed by atoms with E-state index in [1.165, 1.54) is 5.69 Å². The topological polar surface area (TPSA) is 40.5 Å². The SMILES string of the molecule is CC(C)(C)C1CN(c2cccc(CCC(=O)O)c2)C1. The standard InChI is InChI=1S/C16H23NO2/c1-16(2,3)13-10-17(11-13)14-6-4-5-12(9-14)7-8-15(18)19/h4-6,9,13H,7-8,10-11H2,1-3H3,(H,18,19). The van der Waals surface area contributed by atoms with Crippen molar-refractivity contribution in [1.29, 1.82) is 0 Å². The molecular formula is C16H23NO2. The normalized spacial score (nSPS) is 16.3. The minimum atomic E-state index is -0.734. The molecule has 1 aromatic rings. The molecule has 0 amide bonds. The molecule has 1 N–H and O–H groups in total. The lowest BCUT2D eigenvalue weighted by molar-refractivity contribution is -0.136. The van der Waals surface area contributed by atoms with Crippen molar-refractivity contribution < 1.29 is 9.90 Å². The fourth-order valence-electron chi connectivity index (χ4n) is 2.40. The number of carboxylic acid groups (broad SMARTS) is 1. The molecule has 0 aliphatic carbocycles. The Kier molecular flexibility index (Phi) is 3.83. The van der Waals surface area contributed by atoms with Gasteiger partial charge in [0, 0.05) is 25.2 Å². The van der Waals surface area contributed by atoms with Crippen molar-refractivity contribution in [1.82, 2.24) is 0 Å². The Morgan fingerprint density at radius 3 is 2.63 bits per heavy atom. The van der Waals surface area contributed by atoms with Crippen LogP contribution in [-0.4, -0.2) is 24.2 Å². The van der Waals surface area contributed by atoms with Gasteiger partial charge in [0.1, 0.15) is 0 Å². The Labute approximate surface area is 115 Å². The number of rotatable bonds is 4. The number of benzene rings is 1. The van der Waals surface area contributed by atoms with Gasteiger partial charge in [0.05, 0.1) is 0 Å². The Bertz CT molecular complexity index is 456. The van der Waals surface area contributed by atoms with Gasteiger partial charge >= 0.3 is 5.97 Å². The van der Waals surface area contributed by atoms with E-state index in [1.807, 2.05) is 12.1 Å². The van der Waals surface area contributed by atoms with Crippen molar-refractivity contribution >= 4 is 11.7 Å². The molecule has 0 saturated carbocycles. The van der Waals surface area contributed by atoms with Gasteiger partial charge in [-0.2, -0.15) is 0 Å². The van der Waals surface area contributed by atoms with E-state index in [-0.39, 0.29) is 6.42 Å². The molecule has 3 heteroatoms. The number of anilines is 1. The molecule has 2 rings (SSSR count). The Morgan fingerprint density at radius 2 is 2.05 bits per heavy atom. The fraction of sp³-hybridized carbons (Fsp3) is 0.562. The quantitative estimate of drug-likeness (QED) is 0.905. The van der Waals surface area contributed by atoms with Crippen molar-refractivity contribution in [2.45, 2.75) is 33.6 Å². The lowest BCUT2D eigenvalue weighted by Gasteiger charge is -2.47. The lowest BCUT2D eigenvalue weighted by Crippen LogP contribution is -2.52. The van der Waals surface area contributed by atoms with E-state index >= 15 is 0 Å². The summed E-state index contributed by atoms with van der Waals surface area (Å²) < 4.78 is 0. The van der Waals surface area contributed by atoms with Crippen LogP contribution in [0.15, 0.2) is 24.3 Å². The van der Waals surface area contributed by atoms with Crippen LogP contribution in [0.25, 0.3) is 0 Å². The zero-order valence-electron chi connectivity index (χ0n) is 12.0. The van der Waals surface area contributed by atoms with Gasteiger partial charge < -0.3 is 10.0 Å². The number of aryl methyl sites for hydroxylation is 1. The highest BCUT2D eigenvalue weighted by Crippen LogP contribution is 2.36. The summed E-state index contributed by atoms with van der Waals surface area (Å²) in [5, 5.41) is 8.72. The van der Waals surface area contributed by atoms with Crippen LogP contribution in [0.3, 0.4) is 0 Å². The van der Waals surface area contributed by atoms with Gasteiger partial charge in [0.15, 0.2) is 0 Å². The van der Waals surface area contributed by atoms with E-state index in [9.17, 15) is 4.79 Å². The molecule has 0 radical (unpaired) electrons. The molecule has 0 unspecified atom stereocenters.